The van der Waals surface area contributed by atoms with Crippen LogP contribution in [0.2, 0.25) is 0 Å². The summed E-state index contributed by atoms with van der Waals surface area (Å²) in [7, 11) is -0.144. The van der Waals surface area contributed by atoms with Gasteiger partial charge in [0.15, 0.2) is 0 Å². The van der Waals surface area contributed by atoms with E-state index in [1.807, 2.05) is 25.2 Å². The lowest BCUT2D eigenvalue weighted by Crippen LogP contribution is -2.43. The minimum Gasteiger partial charge on any atom is -0.349 e. The molecule has 2 atom stereocenters. The molecule has 230 valence electrons. The monoisotopic (exact) mass is 616 g/mol. The van der Waals surface area contributed by atoms with E-state index in [2.05, 4.69) is 25.5 Å². The van der Waals surface area contributed by atoms with Crippen LogP contribution in [0.25, 0.3) is 0 Å². The predicted molar refractivity (Wildman–Crippen MR) is 157 cm³/mol. The van der Waals surface area contributed by atoms with E-state index in [0.717, 1.165) is 49.5 Å². The molecule has 5 rings (SSSR count). The zero-order valence-electron chi connectivity index (χ0n) is 24.2. The summed E-state index contributed by atoms with van der Waals surface area (Å²) in [6, 6.07) is 13.4. The Balaban J connectivity index is 1.39. The molecule has 0 saturated carbocycles. The van der Waals surface area contributed by atoms with Gasteiger partial charge in [-0.25, -0.2) is 18.4 Å². The van der Waals surface area contributed by atoms with Gasteiger partial charge >= 0.3 is 6.18 Å². The average molecular weight is 617 g/mol. The average Bonchev–Trinajstić information content (AvgIpc) is 3.30. The van der Waals surface area contributed by atoms with Gasteiger partial charge in [0.2, 0.25) is 16.0 Å². The van der Waals surface area contributed by atoms with Crippen LogP contribution < -0.4 is 10.6 Å². The number of sulfonamides is 1. The van der Waals surface area contributed by atoms with Gasteiger partial charge < -0.3 is 15.5 Å². The maximum Gasteiger partial charge on any atom is 0.419 e. The molecule has 2 heterocycles. The number of carbonyl (C=O) groups is 1. The molecule has 1 fully saturated rings. The van der Waals surface area contributed by atoms with Crippen LogP contribution in [0.4, 0.5) is 24.8 Å². The number of carbonyl (C=O) groups excluding carboxylic acids is 1. The normalized spacial score (nSPS) is 19.8. The molecule has 1 amide bonds. The van der Waals surface area contributed by atoms with Crippen LogP contribution in [0.1, 0.15) is 51.6 Å². The third kappa shape index (κ3) is 7.16. The topological polar surface area (TPSA) is 108 Å². The van der Waals surface area contributed by atoms with Crippen LogP contribution in [0.5, 0.6) is 0 Å². The van der Waals surface area contributed by atoms with Gasteiger partial charge in [0.05, 0.1) is 23.6 Å². The van der Waals surface area contributed by atoms with Gasteiger partial charge in [-0.15, -0.1) is 0 Å². The van der Waals surface area contributed by atoms with Gasteiger partial charge in [-0.2, -0.15) is 17.5 Å². The molecule has 1 saturated heterocycles. The number of rotatable bonds is 8. The molecule has 0 unspecified atom stereocenters. The maximum absolute atomic E-state index is 14.1. The zero-order valence-corrected chi connectivity index (χ0v) is 25.0. The number of halogens is 3. The fourth-order valence-electron chi connectivity index (χ4n) is 5.95. The highest BCUT2D eigenvalue weighted by Gasteiger charge is 2.41. The van der Waals surface area contributed by atoms with Crippen molar-refractivity contribution in [2.24, 2.45) is 5.92 Å². The van der Waals surface area contributed by atoms with Crippen molar-refractivity contribution >= 4 is 27.6 Å². The molecule has 0 radical (unpaired) electrons. The summed E-state index contributed by atoms with van der Waals surface area (Å²) in [5, 5.41) is 6.00. The summed E-state index contributed by atoms with van der Waals surface area (Å²) in [5.41, 5.74) is 1.32. The first-order valence-electron chi connectivity index (χ1n) is 14.1. The highest BCUT2D eigenvalue weighted by Crippen LogP contribution is 2.43. The van der Waals surface area contributed by atoms with E-state index in [4.69, 9.17) is 0 Å². The molecular formula is C30H35F3N6O3S. The molecule has 2 aliphatic rings. The number of benzene rings is 2. The number of nitrogens with zero attached hydrogens (tertiary/aromatic N) is 4. The fraction of sp³-hybridized carbons (Fsp3) is 0.433. The SMILES string of the molecule is CN1CCC(NC(=O)c2cccc(Nc3ncc(C(F)(F)F)c(C[C@@H]4Cc5ccccc5[C@H]4N(C)S(C)(=O)=O)n3)c2)CC1. The molecule has 1 aliphatic heterocycles. The smallest absolute Gasteiger partial charge is 0.349 e. The predicted octanol–water partition coefficient (Wildman–Crippen LogP) is 4.41. The van der Waals surface area contributed by atoms with Crippen molar-refractivity contribution in [2.75, 3.05) is 38.8 Å². The van der Waals surface area contributed by atoms with Crippen molar-refractivity contribution in [1.82, 2.24) is 24.5 Å². The van der Waals surface area contributed by atoms with E-state index < -0.39 is 33.7 Å². The molecule has 3 aromatic rings. The van der Waals surface area contributed by atoms with Crippen molar-refractivity contribution in [1.29, 1.82) is 0 Å². The Hall–Kier alpha value is -3.55. The maximum atomic E-state index is 14.1. The number of amides is 1. The van der Waals surface area contributed by atoms with Crippen molar-refractivity contribution in [3.05, 3.63) is 82.7 Å². The van der Waals surface area contributed by atoms with E-state index in [0.29, 0.717) is 17.7 Å². The highest BCUT2D eigenvalue weighted by atomic mass is 32.2. The number of nitrogens with one attached hydrogen (secondary N) is 2. The van der Waals surface area contributed by atoms with Gasteiger partial charge in [-0.3, -0.25) is 4.79 Å². The number of likely N-dealkylation sites (tertiary alicyclic amines) is 1. The highest BCUT2D eigenvalue weighted by molar-refractivity contribution is 7.88. The van der Waals surface area contributed by atoms with Gasteiger partial charge in [-0.05, 0) is 81.1 Å². The zero-order chi connectivity index (χ0) is 30.9. The summed E-state index contributed by atoms with van der Waals surface area (Å²) in [4.78, 5) is 23.3. The Morgan fingerprint density at radius 3 is 2.53 bits per heavy atom. The fourth-order valence-corrected chi connectivity index (χ4v) is 6.64. The van der Waals surface area contributed by atoms with E-state index in [1.54, 1.807) is 30.3 Å². The molecule has 1 aromatic heterocycles. The van der Waals surface area contributed by atoms with Crippen LogP contribution in [-0.2, 0) is 29.0 Å². The minimum absolute atomic E-state index is 0.0561. The second kappa shape index (κ2) is 12.2. The second-order valence-electron chi connectivity index (χ2n) is 11.4. The summed E-state index contributed by atoms with van der Waals surface area (Å²) < 4.78 is 68.5. The first-order valence-corrected chi connectivity index (χ1v) is 15.9. The Bertz CT molecular complexity index is 1590. The molecule has 13 heteroatoms. The molecule has 0 bridgehead atoms. The standard InChI is InChI=1S/C30H35F3N6O3S/c1-38-13-11-22(12-14-38)35-28(40)20-8-6-9-23(16-20)36-29-34-18-25(30(31,32)33)26(37-29)17-21-15-19-7-4-5-10-24(19)27(21)39(2)43(3,41)42/h4-10,16,18,21-22,27H,11-15,17H2,1-3H3,(H,35,40)(H,34,36,37)/t21-,27-/m0/s1. The second-order valence-corrected chi connectivity index (χ2v) is 13.4. The van der Waals surface area contributed by atoms with E-state index in [-0.39, 0.29) is 30.0 Å². The molecule has 43 heavy (non-hydrogen) atoms. The van der Waals surface area contributed by atoms with Crippen molar-refractivity contribution in [3.8, 4) is 0 Å². The van der Waals surface area contributed by atoms with Crippen LogP contribution in [-0.4, -0.2) is 73.0 Å². The lowest BCUT2D eigenvalue weighted by Gasteiger charge is -2.29. The number of hydrogen-bond acceptors (Lipinski definition) is 7. The Labute approximate surface area is 249 Å². The summed E-state index contributed by atoms with van der Waals surface area (Å²) in [6.45, 7) is 1.80. The largest absolute Gasteiger partial charge is 0.419 e. The number of hydrogen-bond donors (Lipinski definition) is 2. The number of piperidine rings is 1. The van der Waals surface area contributed by atoms with Crippen LogP contribution >= 0.6 is 0 Å². The van der Waals surface area contributed by atoms with Crippen molar-refractivity contribution in [2.45, 2.75) is 43.9 Å². The van der Waals surface area contributed by atoms with E-state index in [9.17, 15) is 26.4 Å². The first-order chi connectivity index (χ1) is 20.3. The van der Waals surface area contributed by atoms with Crippen molar-refractivity contribution in [3.63, 3.8) is 0 Å². The lowest BCUT2D eigenvalue weighted by molar-refractivity contribution is -0.138. The summed E-state index contributed by atoms with van der Waals surface area (Å²) in [5.74, 6) is -0.763. The number of anilines is 2. The third-order valence-corrected chi connectivity index (χ3v) is 9.55. The molecule has 0 spiro atoms. The van der Waals surface area contributed by atoms with Crippen LogP contribution in [0, 0.1) is 5.92 Å². The van der Waals surface area contributed by atoms with Crippen LogP contribution in [0.15, 0.2) is 54.7 Å². The summed E-state index contributed by atoms with van der Waals surface area (Å²) in [6.07, 6.45) is -0.878. The molecule has 9 nitrogen and oxygen atoms in total. The van der Waals surface area contributed by atoms with Gasteiger partial charge in [0, 0.05) is 30.5 Å². The van der Waals surface area contributed by atoms with Gasteiger partial charge in [0.1, 0.15) is 0 Å². The number of alkyl halides is 3. The third-order valence-electron chi connectivity index (χ3n) is 8.28. The molecule has 1 aliphatic carbocycles. The minimum atomic E-state index is -4.70. The Kier molecular flexibility index (Phi) is 8.77. The molecular weight excluding hydrogens is 581 g/mol. The van der Waals surface area contributed by atoms with Gasteiger partial charge in [-0.1, -0.05) is 30.3 Å². The molecule has 2 aromatic carbocycles. The van der Waals surface area contributed by atoms with Crippen LogP contribution in [0.3, 0.4) is 0 Å². The summed E-state index contributed by atoms with van der Waals surface area (Å²) >= 11 is 0. The Morgan fingerprint density at radius 1 is 1.12 bits per heavy atom. The number of fused-ring (bicyclic) bond motifs is 1. The quantitative estimate of drug-likeness (QED) is 0.386. The number of aromatic nitrogens is 2. The van der Waals surface area contributed by atoms with E-state index >= 15 is 0 Å². The van der Waals surface area contributed by atoms with Crippen molar-refractivity contribution < 1.29 is 26.4 Å². The lowest BCUT2D eigenvalue weighted by atomic mass is 9.93. The molecule has 2 N–H and O–H groups in total. The van der Waals surface area contributed by atoms with Gasteiger partial charge in [0.25, 0.3) is 5.91 Å². The van der Waals surface area contributed by atoms with E-state index in [1.165, 1.54) is 11.4 Å². The Morgan fingerprint density at radius 2 is 1.84 bits per heavy atom. The first kappa shape index (κ1) is 30.9.